The highest BCUT2D eigenvalue weighted by molar-refractivity contribution is 5.96. The average Bonchev–Trinajstić information content (AvgIpc) is 3.94. The molecule has 69 heavy (non-hydrogen) atoms. The van der Waals surface area contributed by atoms with Crippen molar-refractivity contribution in [1.29, 1.82) is 0 Å². The third kappa shape index (κ3) is 13.9. The van der Waals surface area contributed by atoms with Gasteiger partial charge in [-0.1, -0.05) is 109 Å². The predicted octanol–water partition coefficient (Wildman–Crippen LogP) is 9.36. The Bertz CT molecular complexity index is 2640. The molecule has 4 aromatic carbocycles. The van der Waals surface area contributed by atoms with Crippen LogP contribution in [0.25, 0.3) is 22.3 Å². The second kappa shape index (κ2) is 25.8. The standard InChI is InChI=1S/C28H32N4O.C27H32N4.CH5N.CO2/c1-20(33)22-11-12-24-23(18-22)19-25-27(24)28(29-13-8-16-32-14-6-3-7-15-32)31-26(30-25)17-21-9-4-2-5-10-21;1-20-11-12-23-22(17-20)19-24-26(23)27(28-13-8-16-31-14-6-3-7-15-31)30-25(29-24)18-21-9-4-2-5-10-21;1-2;2-1-3/h2,4-5,9-12,18H,3,6-8,13-17,19H2,1H3,(H,29,30,31);2,4-5,9-12,17H,3,6-8,13-16,18-19H2,1H3,(H,28,29,30);2H2,1H3;. The third-order valence-corrected chi connectivity index (χ3v) is 13.3. The van der Waals surface area contributed by atoms with E-state index in [1.165, 1.54) is 123 Å². The molecule has 360 valence electrons. The van der Waals surface area contributed by atoms with Gasteiger partial charge in [0.1, 0.15) is 23.3 Å². The molecule has 6 aromatic rings. The van der Waals surface area contributed by atoms with Crippen LogP contribution in [-0.4, -0.2) is 101 Å². The number of nitrogens with zero attached hydrogens (tertiary/aromatic N) is 6. The molecule has 2 fully saturated rings. The van der Waals surface area contributed by atoms with E-state index < -0.39 is 0 Å². The molecule has 12 nitrogen and oxygen atoms in total. The minimum Gasteiger partial charge on any atom is -0.369 e. The third-order valence-electron chi connectivity index (χ3n) is 13.3. The summed E-state index contributed by atoms with van der Waals surface area (Å²) in [5, 5.41) is 7.33. The maximum Gasteiger partial charge on any atom is 0.373 e. The van der Waals surface area contributed by atoms with Gasteiger partial charge in [-0.2, -0.15) is 9.59 Å². The van der Waals surface area contributed by atoms with Crippen molar-refractivity contribution in [2.75, 3.05) is 70.0 Å². The van der Waals surface area contributed by atoms with Crippen LogP contribution in [0, 0.1) is 6.92 Å². The first-order chi connectivity index (χ1) is 33.8. The minimum absolute atomic E-state index is 0.0978. The lowest BCUT2D eigenvalue weighted by atomic mass is 10.0. The Labute approximate surface area is 408 Å². The van der Waals surface area contributed by atoms with Crippen LogP contribution in [-0.2, 0) is 35.3 Å². The van der Waals surface area contributed by atoms with Crippen molar-refractivity contribution in [3.8, 4) is 22.3 Å². The van der Waals surface area contributed by atoms with Crippen LogP contribution < -0.4 is 16.4 Å². The number of anilines is 2. The van der Waals surface area contributed by atoms with Crippen molar-refractivity contribution in [2.45, 2.75) is 90.9 Å². The number of hydrogen-bond donors (Lipinski definition) is 3. The number of rotatable bonds is 15. The topological polar surface area (TPSA) is 159 Å². The molecule has 2 aliphatic carbocycles. The largest absolute Gasteiger partial charge is 0.373 e. The smallest absolute Gasteiger partial charge is 0.369 e. The lowest BCUT2D eigenvalue weighted by Crippen LogP contribution is -2.31. The summed E-state index contributed by atoms with van der Waals surface area (Å²) in [6.45, 7) is 12.9. The first-order valence-electron chi connectivity index (χ1n) is 25.0. The zero-order valence-electron chi connectivity index (χ0n) is 40.9. The average molecular weight is 928 g/mol. The van der Waals surface area contributed by atoms with E-state index in [9.17, 15) is 4.79 Å². The van der Waals surface area contributed by atoms with E-state index in [1.807, 2.05) is 18.2 Å². The molecule has 12 heteroatoms. The summed E-state index contributed by atoms with van der Waals surface area (Å²) in [5.74, 6) is 3.79. The van der Waals surface area contributed by atoms with Crippen molar-refractivity contribution in [1.82, 2.24) is 29.7 Å². The summed E-state index contributed by atoms with van der Waals surface area (Å²) in [7, 11) is 1.50. The first kappa shape index (κ1) is 50.4. The molecule has 0 radical (unpaired) electrons. The molecule has 0 spiro atoms. The van der Waals surface area contributed by atoms with Crippen molar-refractivity contribution >= 4 is 23.6 Å². The molecule has 0 bridgehead atoms. The van der Waals surface area contributed by atoms with Gasteiger partial charge in [0.05, 0.1) is 11.4 Å². The molecule has 0 unspecified atom stereocenters. The number of aryl methyl sites for hydroxylation is 1. The SMILES string of the molecule is CC(=O)c1ccc2c(c1)Cc1nc(Cc3ccccc3)nc(NCCCN3CCCCC3)c1-2.CN.Cc1ccc2c(c1)Cc1nc(Cc3ccccc3)nc(NCCCN3CCCCC3)c1-2.O=C=O. The van der Waals surface area contributed by atoms with E-state index in [4.69, 9.17) is 29.5 Å². The van der Waals surface area contributed by atoms with Gasteiger partial charge in [-0.3, -0.25) is 4.79 Å². The van der Waals surface area contributed by atoms with Crippen LogP contribution in [0.4, 0.5) is 11.6 Å². The lowest BCUT2D eigenvalue weighted by molar-refractivity contribution is -0.191. The van der Waals surface area contributed by atoms with Gasteiger partial charge in [0, 0.05) is 55.5 Å². The zero-order chi connectivity index (χ0) is 48.4. The molecular formula is C57H69N9O3. The van der Waals surface area contributed by atoms with Gasteiger partial charge in [0.15, 0.2) is 5.78 Å². The number of benzene rings is 4. The van der Waals surface area contributed by atoms with Gasteiger partial charge in [-0.25, -0.2) is 19.9 Å². The molecule has 2 aromatic heterocycles. The van der Waals surface area contributed by atoms with Gasteiger partial charge < -0.3 is 26.2 Å². The highest BCUT2D eigenvalue weighted by Gasteiger charge is 2.27. The Hall–Kier alpha value is -6.43. The van der Waals surface area contributed by atoms with Gasteiger partial charge in [-0.05, 0) is 138 Å². The Kier molecular flexibility index (Phi) is 18.9. The number of nitrogens with one attached hydrogen (secondary N) is 2. The van der Waals surface area contributed by atoms with Crippen LogP contribution >= 0.6 is 0 Å². The maximum atomic E-state index is 11.9. The maximum absolute atomic E-state index is 11.9. The van der Waals surface area contributed by atoms with Gasteiger partial charge >= 0.3 is 6.15 Å². The molecule has 2 saturated heterocycles. The number of likely N-dealkylation sites (tertiary alicyclic amines) is 2. The van der Waals surface area contributed by atoms with Gasteiger partial charge in [-0.15, -0.1) is 0 Å². The molecule has 0 atom stereocenters. The number of nitrogens with two attached hydrogens (primary N) is 1. The second-order valence-electron chi connectivity index (χ2n) is 18.3. The number of ketones is 1. The summed E-state index contributed by atoms with van der Waals surface area (Å²) < 4.78 is 0. The van der Waals surface area contributed by atoms with Crippen molar-refractivity contribution < 1.29 is 14.4 Å². The summed E-state index contributed by atoms with van der Waals surface area (Å²) >= 11 is 0. The molecular weight excluding hydrogens is 859 g/mol. The van der Waals surface area contributed by atoms with E-state index in [-0.39, 0.29) is 11.9 Å². The molecule has 2 aliphatic heterocycles. The zero-order valence-corrected chi connectivity index (χ0v) is 40.9. The minimum atomic E-state index is 0.0978. The number of fused-ring (bicyclic) bond motifs is 6. The fourth-order valence-electron chi connectivity index (χ4n) is 9.97. The summed E-state index contributed by atoms with van der Waals surface area (Å²) in [6, 6.07) is 33.7. The predicted molar refractivity (Wildman–Crippen MR) is 276 cm³/mol. The van der Waals surface area contributed by atoms with Crippen LogP contribution in [0.2, 0.25) is 0 Å². The van der Waals surface area contributed by atoms with Crippen LogP contribution in [0.5, 0.6) is 0 Å². The highest BCUT2D eigenvalue weighted by Crippen LogP contribution is 2.42. The molecule has 10 rings (SSSR count). The molecule has 4 aliphatic rings. The van der Waals surface area contributed by atoms with E-state index in [2.05, 4.69) is 112 Å². The van der Waals surface area contributed by atoms with E-state index in [1.54, 1.807) is 6.92 Å². The lowest BCUT2D eigenvalue weighted by Gasteiger charge is -2.26. The van der Waals surface area contributed by atoms with Crippen LogP contribution in [0.15, 0.2) is 97.1 Å². The molecule has 4 heterocycles. The number of piperidine rings is 2. The fraction of sp³-hybridized carbons (Fsp3) is 0.404. The van der Waals surface area contributed by atoms with Crippen LogP contribution in [0.1, 0.15) is 120 Å². The van der Waals surface area contributed by atoms with E-state index in [0.717, 1.165) is 97.4 Å². The Balaban J connectivity index is 0.000000187. The first-order valence-corrected chi connectivity index (χ1v) is 25.0. The van der Waals surface area contributed by atoms with E-state index >= 15 is 0 Å². The number of carbonyl (C=O) groups excluding carboxylic acids is 3. The fourth-order valence-corrected chi connectivity index (χ4v) is 9.97. The van der Waals surface area contributed by atoms with Gasteiger partial charge in [0.25, 0.3) is 0 Å². The molecule has 0 saturated carbocycles. The molecule has 0 amide bonds. The number of Topliss-reactive ketones (excluding diaryl/α,β-unsaturated/α-hetero) is 1. The monoisotopic (exact) mass is 928 g/mol. The summed E-state index contributed by atoms with van der Waals surface area (Å²) in [5.41, 5.74) is 18.6. The summed E-state index contributed by atoms with van der Waals surface area (Å²) in [4.78, 5) is 53.3. The highest BCUT2D eigenvalue weighted by atomic mass is 16.2. The van der Waals surface area contributed by atoms with Crippen molar-refractivity contribution in [3.63, 3.8) is 0 Å². The molecule has 4 N–H and O–H groups in total. The summed E-state index contributed by atoms with van der Waals surface area (Å²) in [6.07, 6.45) is 13.8. The van der Waals surface area contributed by atoms with Crippen molar-refractivity contribution in [2.24, 2.45) is 5.73 Å². The van der Waals surface area contributed by atoms with Gasteiger partial charge in [0.2, 0.25) is 0 Å². The number of carbonyl (C=O) groups is 1. The van der Waals surface area contributed by atoms with E-state index in [0.29, 0.717) is 6.42 Å². The normalized spacial score (nSPS) is 14.4. The number of aromatic nitrogens is 4. The Morgan fingerprint density at radius 2 is 1.03 bits per heavy atom. The second-order valence-corrected chi connectivity index (χ2v) is 18.3. The van der Waals surface area contributed by atoms with Crippen LogP contribution in [0.3, 0.4) is 0 Å². The Morgan fingerprint density at radius 3 is 1.48 bits per heavy atom. The Morgan fingerprint density at radius 1 is 0.594 bits per heavy atom. The van der Waals surface area contributed by atoms with Crippen molar-refractivity contribution in [3.05, 3.63) is 153 Å². The quantitative estimate of drug-likeness (QED) is 0.0662. The number of hydrogen-bond acceptors (Lipinski definition) is 12.